The molecule has 1 aromatic rings. The van der Waals surface area contributed by atoms with E-state index in [1.54, 1.807) is 19.2 Å². The highest BCUT2D eigenvalue weighted by Gasteiger charge is 2.28. The number of nitrogens with one attached hydrogen (secondary N) is 1. The van der Waals surface area contributed by atoms with Crippen molar-refractivity contribution in [2.45, 2.75) is 38.3 Å². The summed E-state index contributed by atoms with van der Waals surface area (Å²) in [5.74, 6) is -0.0490. The lowest BCUT2D eigenvalue weighted by molar-refractivity contribution is 0.0722. The molecule has 2 atom stereocenters. The number of hydrogen-bond donors (Lipinski definition) is 2. The topological polar surface area (TPSA) is 64.3 Å². The van der Waals surface area contributed by atoms with E-state index in [-0.39, 0.29) is 18.1 Å². The summed E-state index contributed by atoms with van der Waals surface area (Å²) in [7, 11) is 1.70. The molecule has 1 aliphatic rings. The lowest BCUT2D eigenvalue weighted by Crippen LogP contribution is -2.40. The minimum absolute atomic E-state index is 0.0490. The van der Waals surface area contributed by atoms with Crippen molar-refractivity contribution in [1.29, 1.82) is 0 Å². The SMILES string of the molecule is COC1CCCC1NC(=O)c1ccc(N)c(C)c1. The molecule has 2 rings (SSSR count). The van der Waals surface area contributed by atoms with Gasteiger partial charge in [0.1, 0.15) is 0 Å². The maximum Gasteiger partial charge on any atom is 0.251 e. The summed E-state index contributed by atoms with van der Waals surface area (Å²) in [5.41, 5.74) is 8.04. The molecule has 98 valence electrons. The zero-order valence-electron chi connectivity index (χ0n) is 10.9. The predicted octanol–water partition coefficient (Wildman–Crippen LogP) is 1.87. The zero-order valence-corrected chi connectivity index (χ0v) is 10.9. The molecule has 0 spiro atoms. The molecule has 0 bridgehead atoms. The Bertz CT molecular complexity index is 445. The van der Waals surface area contributed by atoms with Gasteiger partial charge in [-0.05, 0) is 49.9 Å². The number of benzene rings is 1. The van der Waals surface area contributed by atoms with Gasteiger partial charge in [0, 0.05) is 18.4 Å². The van der Waals surface area contributed by atoms with Gasteiger partial charge < -0.3 is 15.8 Å². The number of carbonyl (C=O) groups is 1. The van der Waals surface area contributed by atoms with Crippen LogP contribution in [0.15, 0.2) is 18.2 Å². The average molecular weight is 248 g/mol. The van der Waals surface area contributed by atoms with Crippen molar-refractivity contribution in [3.8, 4) is 0 Å². The molecule has 1 aromatic carbocycles. The van der Waals surface area contributed by atoms with Gasteiger partial charge in [-0.2, -0.15) is 0 Å². The third kappa shape index (κ3) is 2.64. The summed E-state index contributed by atoms with van der Waals surface area (Å²) in [6.45, 7) is 1.90. The predicted molar refractivity (Wildman–Crippen MR) is 71.5 cm³/mol. The first kappa shape index (κ1) is 12.9. The molecule has 3 N–H and O–H groups in total. The van der Waals surface area contributed by atoms with E-state index in [0.717, 1.165) is 24.8 Å². The Labute approximate surface area is 108 Å². The standard InChI is InChI=1S/C14H20N2O2/c1-9-8-10(6-7-11(9)15)14(17)16-12-4-3-5-13(12)18-2/h6-8,12-13H,3-5,15H2,1-2H3,(H,16,17). The summed E-state index contributed by atoms with van der Waals surface area (Å²) >= 11 is 0. The lowest BCUT2D eigenvalue weighted by Gasteiger charge is -2.19. The first-order valence-corrected chi connectivity index (χ1v) is 6.31. The third-order valence-electron chi connectivity index (χ3n) is 3.60. The minimum atomic E-state index is -0.0490. The fourth-order valence-corrected chi connectivity index (χ4v) is 2.44. The largest absolute Gasteiger partial charge is 0.399 e. The van der Waals surface area contributed by atoms with Gasteiger partial charge in [-0.25, -0.2) is 0 Å². The first-order valence-electron chi connectivity index (χ1n) is 6.31. The van der Waals surface area contributed by atoms with Crippen LogP contribution in [0.2, 0.25) is 0 Å². The number of nitrogens with two attached hydrogens (primary N) is 1. The second kappa shape index (κ2) is 5.40. The molecule has 1 fully saturated rings. The maximum atomic E-state index is 12.1. The van der Waals surface area contributed by atoms with Crippen LogP contribution in [0, 0.1) is 6.92 Å². The number of nitrogen functional groups attached to an aromatic ring is 1. The number of methoxy groups -OCH3 is 1. The molecular weight excluding hydrogens is 228 g/mol. The Morgan fingerprint density at radius 3 is 2.89 bits per heavy atom. The Morgan fingerprint density at radius 1 is 1.44 bits per heavy atom. The molecule has 1 aliphatic carbocycles. The van der Waals surface area contributed by atoms with Crippen LogP contribution in [0.5, 0.6) is 0 Å². The van der Waals surface area contributed by atoms with Gasteiger partial charge in [0.2, 0.25) is 0 Å². The molecule has 4 heteroatoms. The van der Waals surface area contributed by atoms with Gasteiger partial charge in [0.15, 0.2) is 0 Å². The highest BCUT2D eigenvalue weighted by atomic mass is 16.5. The fraction of sp³-hybridized carbons (Fsp3) is 0.500. The van der Waals surface area contributed by atoms with Crippen molar-refractivity contribution in [2.24, 2.45) is 0 Å². The van der Waals surface area contributed by atoms with E-state index >= 15 is 0 Å². The summed E-state index contributed by atoms with van der Waals surface area (Å²) in [5, 5.41) is 3.04. The van der Waals surface area contributed by atoms with Crippen molar-refractivity contribution in [2.75, 3.05) is 12.8 Å². The van der Waals surface area contributed by atoms with Crippen LogP contribution in [0.4, 0.5) is 5.69 Å². The van der Waals surface area contributed by atoms with Gasteiger partial charge in [0.25, 0.3) is 5.91 Å². The zero-order chi connectivity index (χ0) is 13.1. The number of rotatable bonds is 3. The summed E-state index contributed by atoms with van der Waals surface area (Å²) in [6.07, 6.45) is 3.24. The highest BCUT2D eigenvalue weighted by Crippen LogP contribution is 2.22. The molecule has 0 heterocycles. The maximum absolute atomic E-state index is 12.1. The Balaban J connectivity index is 2.05. The minimum Gasteiger partial charge on any atom is -0.399 e. The average Bonchev–Trinajstić information content (AvgIpc) is 2.79. The molecule has 4 nitrogen and oxygen atoms in total. The molecule has 18 heavy (non-hydrogen) atoms. The van der Waals surface area contributed by atoms with Crippen molar-refractivity contribution in [1.82, 2.24) is 5.32 Å². The highest BCUT2D eigenvalue weighted by molar-refractivity contribution is 5.95. The number of aryl methyl sites for hydroxylation is 1. The monoisotopic (exact) mass is 248 g/mol. The summed E-state index contributed by atoms with van der Waals surface area (Å²) in [4.78, 5) is 12.1. The number of hydrogen-bond acceptors (Lipinski definition) is 3. The van der Waals surface area contributed by atoms with Gasteiger partial charge in [-0.15, -0.1) is 0 Å². The normalized spacial score (nSPS) is 23.0. The van der Waals surface area contributed by atoms with Crippen molar-refractivity contribution >= 4 is 11.6 Å². The van der Waals surface area contributed by atoms with Crippen molar-refractivity contribution in [3.05, 3.63) is 29.3 Å². The van der Waals surface area contributed by atoms with Crippen LogP contribution < -0.4 is 11.1 Å². The van der Waals surface area contributed by atoms with E-state index < -0.39 is 0 Å². The number of amides is 1. The van der Waals surface area contributed by atoms with Crippen LogP contribution in [-0.4, -0.2) is 25.2 Å². The quantitative estimate of drug-likeness (QED) is 0.803. The molecule has 0 aliphatic heterocycles. The Hall–Kier alpha value is -1.55. The molecule has 0 radical (unpaired) electrons. The summed E-state index contributed by atoms with van der Waals surface area (Å²) < 4.78 is 5.37. The molecule has 1 amide bonds. The van der Waals surface area contributed by atoms with E-state index in [0.29, 0.717) is 11.3 Å². The van der Waals surface area contributed by atoms with E-state index in [1.165, 1.54) is 0 Å². The van der Waals surface area contributed by atoms with Crippen LogP contribution in [0.25, 0.3) is 0 Å². The Kier molecular flexibility index (Phi) is 3.87. The number of carbonyl (C=O) groups excluding carboxylic acids is 1. The molecule has 0 saturated heterocycles. The third-order valence-corrected chi connectivity index (χ3v) is 3.60. The molecule has 2 unspecified atom stereocenters. The molecule has 0 aromatic heterocycles. The summed E-state index contributed by atoms with van der Waals surface area (Å²) in [6, 6.07) is 5.48. The number of ether oxygens (including phenoxy) is 1. The second-order valence-corrected chi connectivity index (χ2v) is 4.86. The number of anilines is 1. The van der Waals surface area contributed by atoms with Crippen molar-refractivity contribution in [3.63, 3.8) is 0 Å². The smallest absolute Gasteiger partial charge is 0.251 e. The van der Waals surface area contributed by atoms with Gasteiger partial charge in [0.05, 0.1) is 12.1 Å². The molecule has 1 saturated carbocycles. The van der Waals surface area contributed by atoms with Gasteiger partial charge >= 0.3 is 0 Å². The van der Waals surface area contributed by atoms with Crippen LogP contribution in [0.1, 0.15) is 35.2 Å². The van der Waals surface area contributed by atoms with E-state index in [1.807, 2.05) is 13.0 Å². The Morgan fingerprint density at radius 2 is 2.22 bits per heavy atom. The lowest BCUT2D eigenvalue weighted by atomic mass is 10.1. The molecular formula is C14H20N2O2. The second-order valence-electron chi connectivity index (χ2n) is 4.86. The van der Waals surface area contributed by atoms with Gasteiger partial charge in [-0.1, -0.05) is 0 Å². The van der Waals surface area contributed by atoms with E-state index in [4.69, 9.17) is 10.5 Å². The fourth-order valence-electron chi connectivity index (χ4n) is 2.44. The van der Waals surface area contributed by atoms with Crippen LogP contribution in [0.3, 0.4) is 0 Å². The van der Waals surface area contributed by atoms with Gasteiger partial charge in [-0.3, -0.25) is 4.79 Å². The van der Waals surface area contributed by atoms with E-state index in [2.05, 4.69) is 5.32 Å². The van der Waals surface area contributed by atoms with Crippen molar-refractivity contribution < 1.29 is 9.53 Å². The van der Waals surface area contributed by atoms with Crippen LogP contribution in [-0.2, 0) is 4.74 Å². The van der Waals surface area contributed by atoms with E-state index in [9.17, 15) is 4.79 Å². The first-order chi connectivity index (χ1) is 8.61. The van der Waals surface area contributed by atoms with Crippen LogP contribution >= 0.6 is 0 Å².